The molecule has 0 aliphatic carbocycles. The van der Waals surface area contributed by atoms with Crippen molar-refractivity contribution in [3.8, 4) is 22.6 Å². The maximum absolute atomic E-state index is 9.61. The van der Waals surface area contributed by atoms with Crippen LogP contribution in [0, 0.1) is 6.92 Å². The summed E-state index contributed by atoms with van der Waals surface area (Å²) in [6, 6.07) is 1.45. The zero-order chi connectivity index (χ0) is 11.9. The molecule has 0 spiro atoms. The van der Waals surface area contributed by atoms with E-state index in [1.807, 2.05) is 0 Å². The number of hydrogen-bond acceptors (Lipinski definition) is 5. The molecule has 2 rings (SSSR count). The normalized spacial score (nSPS) is 10.6. The maximum atomic E-state index is 9.61. The summed E-state index contributed by atoms with van der Waals surface area (Å²) < 4.78 is 5.12. The van der Waals surface area contributed by atoms with Crippen LogP contribution in [-0.2, 0) is 0 Å². The molecular weight excluding hydrogens is 276 g/mol. The molecule has 1 aromatic heterocycles. The van der Waals surface area contributed by atoms with Crippen molar-refractivity contribution in [2.45, 2.75) is 6.92 Å². The number of phenolic OH excluding ortho intramolecular Hbond substituents is 2. The molecule has 0 radical (unpaired) electrons. The lowest BCUT2D eigenvalue weighted by Gasteiger charge is -2.10. The molecule has 0 aliphatic heterocycles. The second-order valence-corrected chi connectivity index (χ2v) is 4.15. The second-order valence-electron chi connectivity index (χ2n) is 3.35. The summed E-state index contributed by atoms with van der Waals surface area (Å²) >= 11 is 3.20. The van der Waals surface area contributed by atoms with Crippen LogP contribution >= 0.6 is 15.9 Å². The molecule has 2 aromatic rings. The fourth-order valence-corrected chi connectivity index (χ4v) is 2.25. The van der Waals surface area contributed by atoms with Gasteiger partial charge in [-0.2, -0.15) is 0 Å². The molecule has 0 bridgehead atoms. The average Bonchev–Trinajstić information content (AvgIpc) is 2.62. The van der Waals surface area contributed by atoms with Crippen molar-refractivity contribution in [2.24, 2.45) is 0 Å². The molecule has 0 saturated carbocycles. The van der Waals surface area contributed by atoms with Crippen LogP contribution in [0.15, 0.2) is 21.3 Å². The Hall–Kier alpha value is -1.69. The highest BCUT2D eigenvalue weighted by molar-refractivity contribution is 9.10. The number of phenols is 2. The molecule has 0 atom stereocenters. The van der Waals surface area contributed by atoms with E-state index in [1.54, 1.807) is 6.92 Å². The Morgan fingerprint density at radius 2 is 2.12 bits per heavy atom. The van der Waals surface area contributed by atoms with Gasteiger partial charge in [0.25, 0.3) is 0 Å². The fraction of sp³-hybridized carbons (Fsp3) is 0.100. The third-order valence-corrected chi connectivity index (χ3v) is 3.06. The van der Waals surface area contributed by atoms with Gasteiger partial charge in [0.2, 0.25) is 5.88 Å². The molecule has 0 fully saturated rings. The summed E-state index contributed by atoms with van der Waals surface area (Å²) in [5, 5.41) is 22.6. The quantitative estimate of drug-likeness (QED) is 0.700. The molecule has 16 heavy (non-hydrogen) atoms. The van der Waals surface area contributed by atoms with Gasteiger partial charge in [-0.3, -0.25) is 0 Å². The van der Waals surface area contributed by atoms with Gasteiger partial charge in [0.15, 0.2) is 11.5 Å². The summed E-state index contributed by atoms with van der Waals surface area (Å²) in [5.74, 6) is -0.266. The Morgan fingerprint density at radius 3 is 2.69 bits per heavy atom. The van der Waals surface area contributed by atoms with Gasteiger partial charge in [-0.05, 0) is 34.5 Å². The summed E-state index contributed by atoms with van der Waals surface area (Å²) in [7, 11) is 0. The zero-order valence-electron chi connectivity index (χ0n) is 8.36. The lowest BCUT2D eigenvalue weighted by atomic mass is 10.0. The molecule has 84 valence electrons. The third kappa shape index (κ3) is 1.51. The van der Waals surface area contributed by atoms with E-state index in [0.717, 1.165) is 5.56 Å². The number of aromatic nitrogens is 1. The first kappa shape index (κ1) is 10.8. The van der Waals surface area contributed by atoms with Crippen molar-refractivity contribution in [3.63, 3.8) is 0 Å². The van der Waals surface area contributed by atoms with Crippen LogP contribution in [0.25, 0.3) is 11.1 Å². The number of anilines is 1. The lowest BCUT2D eigenvalue weighted by Crippen LogP contribution is -1.90. The molecule has 6 heteroatoms. The molecule has 0 aliphatic rings. The maximum Gasteiger partial charge on any atom is 0.230 e. The molecule has 4 N–H and O–H groups in total. The molecule has 5 nitrogen and oxygen atoms in total. The van der Waals surface area contributed by atoms with Crippen molar-refractivity contribution in [2.75, 3.05) is 5.73 Å². The van der Waals surface area contributed by atoms with E-state index in [4.69, 9.17) is 10.3 Å². The third-order valence-electron chi connectivity index (χ3n) is 2.29. The highest BCUT2D eigenvalue weighted by Crippen LogP contribution is 2.44. The van der Waals surface area contributed by atoms with E-state index >= 15 is 0 Å². The van der Waals surface area contributed by atoms with Gasteiger partial charge in [0.1, 0.15) is 0 Å². The van der Waals surface area contributed by atoms with E-state index in [-0.39, 0.29) is 17.4 Å². The van der Waals surface area contributed by atoms with Gasteiger partial charge in [0.05, 0.1) is 16.2 Å². The number of aryl methyl sites for hydroxylation is 1. The minimum Gasteiger partial charge on any atom is -0.504 e. The highest BCUT2D eigenvalue weighted by atomic mass is 79.9. The standard InChI is InChI=1S/C10H9BrN2O3/c1-4-2-6(14)9(15)8(11)7(4)5-3-13-16-10(5)12/h2-3,14-15H,12H2,1H3. The van der Waals surface area contributed by atoms with Gasteiger partial charge in [-0.15, -0.1) is 0 Å². The summed E-state index contributed by atoms with van der Waals surface area (Å²) in [6.45, 7) is 1.78. The summed E-state index contributed by atoms with van der Waals surface area (Å²) in [6.07, 6.45) is 1.46. The van der Waals surface area contributed by atoms with Crippen molar-refractivity contribution in [1.82, 2.24) is 5.16 Å². The first-order valence-corrected chi connectivity index (χ1v) is 5.23. The van der Waals surface area contributed by atoms with Gasteiger partial charge in [-0.25, -0.2) is 0 Å². The summed E-state index contributed by atoms with van der Waals surface area (Å²) in [4.78, 5) is 0. The molecule has 1 heterocycles. The minimum absolute atomic E-state index is 0.161. The highest BCUT2D eigenvalue weighted by Gasteiger charge is 2.18. The number of aromatic hydroxyl groups is 2. The predicted molar refractivity (Wildman–Crippen MR) is 62.1 cm³/mol. The van der Waals surface area contributed by atoms with Crippen LogP contribution in [0.4, 0.5) is 5.88 Å². The van der Waals surface area contributed by atoms with Gasteiger partial charge >= 0.3 is 0 Å². The fourth-order valence-electron chi connectivity index (χ4n) is 1.52. The second kappa shape index (κ2) is 3.71. The molecule has 0 unspecified atom stereocenters. The number of nitrogen functional groups attached to an aromatic ring is 1. The van der Waals surface area contributed by atoms with Gasteiger partial charge in [0, 0.05) is 5.56 Å². The van der Waals surface area contributed by atoms with Gasteiger partial charge in [-0.1, -0.05) is 5.16 Å². The molecule has 0 amide bonds. The minimum atomic E-state index is -0.235. The largest absolute Gasteiger partial charge is 0.504 e. The Balaban J connectivity index is 2.76. The van der Waals surface area contributed by atoms with E-state index in [9.17, 15) is 10.2 Å². The van der Waals surface area contributed by atoms with E-state index in [1.165, 1.54) is 12.3 Å². The van der Waals surface area contributed by atoms with Crippen LogP contribution in [0.2, 0.25) is 0 Å². The molecule has 1 aromatic carbocycles. The molecular formula is C10H9BrN2O3. The number of benzene rings is 1. The first-order chi connectivity index (χ1) is 7.52. The SMILES string of the molecule is Cc1cc(O)c(O)c(Br)c1-c1cnoc1N. The Kier molecular flexibility index (Phi) is 2.51. The van der Waals surface area contributed by atoms with E-state index in [2.05, 4.69) is 21.1 Å². The Bertz CT molecular complexity index is 551. The number of halogens is 1. The lowest BCUT2D eigenvalue weighted by molar-refractivity contribution is 0.401. The number of rotatable bonds is 1. The van der Waals surface area contributed by atoms with Crippen LogP contribution < -0.4 is 5.73 Å². The predicted octanol–water partition coefficient (Wildman–Crippen LogP) is 2.41. The molecule has 0 saturated heterocycles. The van der Waals surface area contributed by atoms with E-state index in [0.29, 0.717) is 15.6 Å². The zero-order valence-corrected chi connectivity index (χ0v) is 9.95. The van der Waals surface area contributed by atoms with Crippen LogP contribution in [0.5, 0.6) is 11.5 Å². The smallest absolute Gasteiger partial charge is 0.230 e. The number of nitrogens with zero attached hydrogens (tertiary/aromatic N) is 1. The van der Waals surface area contributed by atoms with Crippen LogP contribution in [0.1, 0.15) is 5.56 Å². The average molecular weight is 285 g/mol. The Labute approximate surface area is 99.6 Å². The van der Waals surface area contributed by atoms with Crippen molar-refractivity contribution in [1.29, 1.82) is 0 Å². The monoisotopic (exact) mass is 284 g/mol. The van der Waals surface area contributed by atoms with Crippen molar-refractivity contribution in [3.05, 3.63) is 22.3 Å². The number of hydrogen-bond donors (Lipinski definition) is 3. The Morgan fingerprint density at radius 1 is 1.44 bits per heavy atom. The van der Waals surface area contributed by atoms with Gasteiger partial charge < -0.3 is 20.5 Å². The number of nitrogens with two attached hydrogens (primary N) is 1. The van der Waals surface area contributed by atoms with Crippen LogP contribution in [-0.4, -0.2) is 15.4 Å². The van der Waals surface area contributed by atoms with E-state index < -0.39 is 0 Å². The topological polar surface area (TPSA) is 92.5 Å². The van der Waals surface area contributed by atoms with Crippen LogP contribution in [0.3, 0.4) is 0 Å². The summed E-state index contributed by atoms with van der Waals surface area (Å²) in [5.41, 5.74) is 7.57. The van der Waals surface area contributed by atoms with Crippen molar-refractivity contribution >= 4 is 21.8 Å². The van der Waals surface area contributed by atoms with Crippen molar-refractivity contribution < 1.29 is 14.7 Å². The first-order valence-electron chi connectivity index (χ1n) is 4.44.